The molecule has 0 bridgehead atoms. The maximum atomic E-state index is 12.4. The average Bonchev–Trinajstić information content (AvgIpc) is 3.11. The normalized spacial score (nSPS) is 13.2. The summed E-state index contributed by atoms with van der Waals surface area (Å²) in [4.78, 5) is 24.2. The predicted octanol–water partition coefficient (Wildman–Crippen LogP) is 3.94. The van der Waals surface area contributed by atoms with Gasteiger partial charge in [-0.3, -0.25) is 0 Å². The number of nitrogens with one attached hydrogen (secondary N) is 1. The number of carbonyl (C=O) groups is 2. The van der Waals surface area contributed by atoms with Gasteiger partial charge in [0.05, 0.1) is 0 Å². The highest BCUT2D eigenvalue weighted by molar-refractivity contribution is 5.81. The van der Waals surface area contributed by atoms with E-state index in [1.165, 1.54) is 12.1 Å². The molecule has 1 aliphatic carbocycles. The number of hydrogen-bond donors (Lipinski definition) is 4. The van der Waals surface area contributed by atoms with Crippen LogP contribution in [-0.4, -0.2) is 40.0 Å². The fraction of sp³-hybridized carbons (Fsp3) is 0.200. The Morgan fingerprint density at radius 3 is 2.16 bits per heavy atom. The summed E-state index contributed by atoms with van der Waals surface area (Å²) in [5.74, 6) is -1.96. The van der Waals surface area contributed by atoms with Crippen molar-refractivity contribution in [2.24, 2.45) is 0 Å². The predicted molar refractivity (Wildman–Crippen MR) is 118 cm³/mol. The van der Waals surface area contributed by atoms with Gasteiger partial charge in [0.1, 0.15) is 12.6 Å². The zero-order valence-corrected chi connectivity index (χ0v) is 17.4. The van der Waals surface area contributed by atoms with E-state index < -0.39 is 18.1 Å². The van der Waals surface area contributed by atoms with E-state index in [0.717, 1.165) is 22.3 Å². The van der Waals surface area contributed by atoms with Crippen molar-refractivity contribution >= 4 is 12.1 Å². The smallest absolute Gasteiger partial charge is 0.407 e. The first kappa shape index (κ1) is 21.2. The second-order valence-corrected chi connectivity index (χ2v) is 7.78. The molecule has 32 heavy (non-hydrogen) atoms. The summed E-state index contributed by atoms with van der Waals surface area (Å²) in [6.07, 6.45) is -0.904. The number of carbonyl (C=O) groups excluding carboxylic acids is 1. The minimum atomic E-state index is -1.26. The van der Waals surface area contributed by atoms with E-state index in [-0.39, 0.29) is 30.4 Å². The van der Waals surface area contributed by atoms with Crippen LogP contribution in [0.5, 0.6) is 11.5 Å². The molecule has 164 valence electrons. The first-order valence-electron chi connectivity index (χ1n) is 10.2. The number of phenolic OH excluding ortho intramolecular Hbond substituents is 2. The standard InChI is InChI=1S/C25H23NO6/c1-14-15(10-11-22(27)23(14)28)12-21(24(29)30)26-25(31)32-13-20-18-8-4-2-6-16(18)17-7-3-5-9-19(17)20/h2-11,20-21,27-28H,12-13H2,1H3,(H,26,31)(H,29,30). The van der Waals surface area contributed by atoms with Crippen LogP contribution < -0.4 is 5.32 Å². The van der Waals surface area contributed by atoms with Crippen LogP contribution in [0.3, 0.4) is 0 Å². The Hall–Kier alpha value is -4.00. The van der Waals surface area contributed by atoms with E-state index in [0.29, 0.717) is 11.1 Å². The summed E-state index contributed by atoms with van der Waals surface area (Å²) in [5, 5.41) is 31.4. The molecular formula is C25H23NO6. The van der Waals surface area contributed by atoms with Gasteiger partial charge in [-0.1, -0.05) is 54.6 Å². The molecule has 3 aromatic carbocycles. The number of phenols is 2. The van der Waals surface area contributed by atoms with E-state index in [4.69, 9.17) is 4.74 Å². The van der Waals surface area contributed by atoms with Crippen LogP contribution in [-0.2, 0) is 16.0 Å². The van der Waals surface area contributed by atoms with Gasteiger partial charge in [-0.15, -0.1) is 0 Å². The van der Waals surface area contributed by atoms with Gasteiger partial charge in [0.25, 0.3) is 0 Å². The zero-order chi connectivity index (χ0) is 22.8. The molecule has 0 spiro atoms. The van der Waals surface area contributed by atoms with E-state index in [1.54, 1.807) is 6.92 Å². The summed E-state index contributed by atoms with van der Waals surface area (Å²) in [5.41, 5.74) is 5.17. The molecule has 1 atom stereocenters. The van der Waals surface area contributed by atoms with Gasteiger partial charge in [-0.2, -0.15) is 0 Å². The third-order valence-corrected chi connectivity index (χ3v) is 5.88. The third kappa shape index (κ3) is 3.97. The van der Waals surface area contributed by atoms with Gasteiger partial charge in [-0.05, 0) is 46.4 Å². The molecule has 0 aliphatic heterocycles. The maximum absolute atomic E-state index is 12.4. The molecule has 0 aromatic heterocycles. The van der Waals surface area contributed by atoms with Crippen LogP contribution in [0.1, 0.15) is 28.2 Å². The number of carboxylic acids is 1. The Bertz CT molecular complexity index is 1140. The van der Waals surface area contributed by atoms with Crippen molar-refractivity contribution < 1.29 is 29.6 Å². The fourth-order valence-corrected chi connectivity index (χ4v) is 4.15. The molecule has 3 aromatic rings. The van der Waals surface area contributed by atoms with Crippen LogP contribution in [0.2, 0.25) is 0 Å². The maximum Gasteiger partial charge on any atom is 0.407 e. The minimum absolute atomic E-state index is 0.0702. The number of alkyl carbamates (subject to hydrolysis) is 1. The molecule has 4 N–H and O–H groups in total. The molecule has 0 radical (unpaired) electrons. The lowest BCUT2D eigenvalue weighted by molar-refractivity contribution is -0.139. The van der Waals surface area contributed by atoms with E-state index in [2.05, 4.69) is 5.32 Å². The van der Waals surface area contributed by atoms with Crippen molar-refractivity contribution in [3.63, 3.8) is 0 Å². The van der Waals surface area contributed by atoms with Gasteiger partial charge < -0.3 is 25.4 Å². The molecule has 0 saturated heterocycles. The number of hydrogen-bond acceptors (Lipinski definition) is 5. The highest BCUT2D eigenvalue weighted by atomic mass is 16.5. The number of amides is 1. The van der Waals surface area contributed by atoms with Crippen molar-refractivity contribution in [3.8, 4) is 22.6 Å². The van der Waals surface area contributed by atoms with Gasteiger partial charge in [0.15, 0.2) is 11.5 Å². The highest BCUT2D eigenvalue weighted by Crippen LogP contribution is 2.44. The van der Waals surface area contributed by atoms with Crippen LogP contribution in [0.15, 0.2) is 60.7 Å². The van der Waals surface area contributed by atoms with E-state index >= 15 is 0 Å². The summed E-state index contributed by atoms with van der Waals surface area (Å²) in [6, 6.07) is 17.4. The first-order valence-corrected chi connectivity index (χ1v) is 10.2. The second-order valence-electron chi connectivity index (χ2n) is 7.78. The van der Waals surface area contributed by atoms with Crippen LogP contribution in [0.25, 0.3) is 11.1 Å². The number of aliphatic carboxylic acids is 1. The molecule has 1 amide bonds. The molecule has 7 heteroatoms. The lowest BCUT2D eigenvalue weighted by Crippen LogP contribution is -2.43. The monoisotopic (exact) mass is 433 g/mol. The number of carboxylic acid groups (broad SMARTS) is 1. The molecule has 1 unspecified atom stereocenters. The number of fused-ring (bicyclic) bond motifs is 3. The summed E-state index contributed by atoms with van der Waals surface area (Å²) >= 11 is 0. The summed E-state index contributed by atoms with van der Waals surface area (Å²) in [6.45, 7) is 1.64. The first-order chi connectivity index (χ1) is 15.4. The summed E-state index contributed by atoms with van der Waals surface area (Å²) in [7, 11) is 0. The van der Waals surface area contributed by atoms with Gasteiger partial charge in [0.2, 0.25) is 0 Å². The molecule has 7 nitrogen and oxygen atoms in total. The van der Waals surface area contributed by atoms with Gasteiger partial charge >= 0.3 is 12.1 Å². The molecule has 0 heterocycles. The van der Waals surface area contributed by atoms with Crippen molar-refractivity contribution in [1.29, 1.82) is 0 Å². The number of rotatable bonds is 6. The van der Waals surface area contributed by atoms with Gasteiger partial charge in [0, 0.05) is 12.3 Å². The zero-order valence-electron chi connectivity index (χ0n) is 17.4. The van der Waals surface area contributed by atoms with Crippen LogP contribution in [0, 0.1) is 6.92 Å². The molecule has 1 aliphatic rings. The number of aromatic hydroxyl groups is 2. The fourth-order valence-electron chi connectivity index (χ4n) is 4.15. The average molecular weight is 433 g/mol. The Kier molecular flexibility index (Phi) is 5.73. The number of ether oxygens (including phenoxy) is 1. The molecular weight excluding hydrogens is 410 g/mol. The Morgan fingerprint density at radius 2 is 1.56 bits per heavy atom. The van der Waals surface area contributed by atoms with Crippen LogP contribution >= 0.6 is 0 Å². The quantitative estimate of drug-likeness (QED) is 0.438. The Labute approximate surface area is 184 Å². The van der Waals surface area contributed by atoms with E-state index in [9.17, 15) is 24.9 Å². The van der Waals surface area contributed by atoms with Crippen molar-refractivity contribution in [1.82, 2.24) is 5.32 Å². The highest BCUT2D eigenvalue weighted by Gasteiger charge is 2.30. The minimum Gasteiger partial charge on any atom is -0.504 e. The van der Waals surface area contributed by atoms with E-state index in [1.807, 2.05) is 48.5 Å². The lowest BCUT2D eigenvalue weighted by atomic mass is 9.98. The molecule has 0 fully saturated rings. The SMILES string of the molecule is Cc1c(CC(NC(=O)OCC2c3ccccc3-c3ccccc32)C(=O)O)ccc(O)c1O. The van der Waals surface area contributed by atoms with Crippen molar-refractivity contribution in [2.45, 2.75) is 25.3 Å². The largest absolute Gasteiger partial charge is 0.504 e. The summed E-state index contributed by atoms with van der Waals surface area (Å²) < 4.78 is 5.43. The third-order valence-electron chi connectivity index (χ3n) is 5.88. The Morgan fingerprint density at radius 1 is 0.969 bits per heavy atom. The van der Waals surface area contributed by atoms with Crippen molar-refractivity contribution in [2.75, 3.05) is 6.61 Å². The molecule has 4 rings (SSSR count). The topological polar surface area (TPSA) is 116 Å². The second kappa shape index (κ2) is 8.63. The van der Waals surface area contributed by atoms with Gasteiger partial charge in [-0.25, -0.2) is 9.59 Å². The Balaban J connectivity index is 1.45. The van der Waals surface area contributed by atoms with Crippen LogP contribution in [0.4, 0.5) is 4.79 Å². The lowest BCUT2D eigenvalue weighted by Gasteiger charge is -2.18. The number of benzene rings is 3. The molecule has 0 saturated carbocycles. The van der Waals surface area contributed by atoms with Crippen molar-refractivity contribution in [3.05, 3.63) is 82.9 Å².